The Labute approximate surface area is 234 Å². The van der Waals surface area contributed by atoms with Crippen LogP contribution in [0.25, 0.3) is 5.65 Å². The Balaban J connectivity index is 1.39. The Morgan fingerprint density at radius 2 is 2.05 bits per heavy atom. The molecule has 212 valence electrons. The lowest BCUT2D eigenvalue weighted by atomic mass is 10.1. The van der Waals surface area contributed by atoms with Crippen LogP contribution >= 0.6 is 0 Å². The number of carbonyl (C=O) groups is 2. The van der Waals surface area contributed by atoms with Crippen LogP contribution in [0.15, 0.2) is 43.1 Å². The summed E-state index contributed by atoms with van der Waals surface area (Å²) in [6.07, 6.45) is 5.61. The highest BCUT2D eigenvalue weighted by Gasteiger charge is 2.31. The fourth-order valence-corrected chi connectivity index (χ4v) is 5.19. The summed E-state index contributed by atoms with van der Waals surface area (Å²) in [7, 11) is 2.12. The fraction of sp³-hybridized carbons (Fsp3) is 0.483. The van der Waals surface area contributed by atoms with E-state index in [1.807, 2.05) is 24.4 Å². The average molecular weight is 547 g/mol. The minimum Gasteiger partial charge on any atom is -0.460 e. The van der Waals surface area contributed by atoms with E-state index in [1.54, 1.807) is 10.6 Å². The van der Waals surface area contributed by atoms with Crippen molar-refractivity contribution in [1.82, 2.24) is 29.8 Å². The van der Waals surface area contributed by atoms with Gasteiger partial charge in [-0.2, -0.15) is 19.6 Å². The molecule has 2 N–H and O–H groups in total. The summed E-state index contributed by atoms with van der Waals surface area (Å²) in [4.78, 5) is 38.9. The third-order valence-corrected chi connectivity index (χ3v) is 7.58. The molecule has 11 heteroatoms. The van der Waals surface area contributed by atoms with Gasteiger partial charge >= 0.3 is 6.01 Å². The van der Waals surface area contributed by atoms with Crippen molar-refractivity contribution in [2.45, 2.75) is 51.7 Å². The number of imide groups is 1. The highest BCUT2D eigenvalue weighted by molar-refractivity contribution is 6.19. The van der Waals surface area contributed by atoms with Gasteiger partial charge in [-0.3, -0.25) is 9.59 Å². The summed E-state index contributed by atoms with van der Waals surface area (Å²) in [6, 6.07) is 7.71. The van der Waals surface area contributed by atoms with E-state index in [9.17, 15) is 9.59 Å². The standard InChI is InChI=1S/C29H38N8O3/c1-5-25(38)36(27(39)21-9-12-30-17-21)22-8-6-7-20(15-22)16-31-28-34-29(40-23-10-13-35(4)14-11-23)33-26-24(19(2)3)18-32-37(26)28/h5-8,15,18-19,21,23,30H,1,9-14,16-17H2,2-4H3,(H,31,33,34). The molecule has 4 heterocycles. The first kappa shape index (κ1) is 27.7. The van der Waals surface area contributed by atoms with Crippen LogP contribution < -0.4 is 20.3 Å². The number of ether oxygens (including phenoxy) is 1. The van der Waals surface area contributed by atoms with Crippen LogP contribution in [0.5, 0.6) is 6.01 Å². The van der Waals surface area contributed by atoms with Gasteiger partial charge in [0.2, 0.25) is 11.9 Å². The molecule has 0 radical (unpaired) electrons. The quantitative estimate of drug-likeness (QED) is 0.391. The second-order valence-electron chi connectivity index (χ2n) is 10.9. The largest absolute Gasteiger partial charge is 0.460 e. The molecule has 2 fully saturated rings. The Morgan fingerprint density at radius 3 is 2.75 bits per heavy atom. The number of hydrogen-bond acceptors (Lipinski definition) is 9. The Bertz CT molecular complexity index is 1370. The van der Waals surface area contributed by atoms with Crippen molar-refractivity contribution >= 4 is 29.1 Å². The van der Waals surface area contributed by atoms with E-state index in [1.165, 1.54) is 11.0 Å². The van der Waals surface area contributed by atoms with E-state index >= 15 is 0 Å². The maximum atomic E-state index is 13.2. The molecule has 11 nitrogen and oxygen atoms in total. The van der Waals surface area contributed by atoms with Crippen molar-refractivity contribution in [3.8, 4) is 6.01 Å². The van der Waals surface area contributed by atoms with Gasteiger partial charge in [-0.25, -0.2) is 4.90 Å². The predicted molar refractivity (Wildman–Crippen MR) is 153 cm³/mol. The zero-order valence-corrected chi connectivity index (χ0v) is 23.5. The maximum Gasteiger partial charge on any atom is 0.322 e. The number of carbonyl (C=O) groups excluding carboxylic acids is 2. The smallest absolute Gasteiger partial charge is 0.322 e. The molecule has 0 spiro atoms. The van der Waals surface area contributed by atoms with E-state index in [0.29, 0.717) is 42.8 Å². The zero-order valence-electron chi connectivity index (χ0n) is 23.5. The molecule has 5 rings (SSSR count). The van der Waals surface area contributed by atoms with Gasteiger partial charge in [-0.1, -0.05) is 32.6 Å². The lowest BCUT2D eigenvalue weighted by Crippen LogP contribution is -2.40. The van der Waals surface area contributed by atoms with Crippen molar-refractivity contribution < 1.29 is 14.3 Å². The van der Waals surface area contributed by atoms with Gasteiger partial charge < -0.3 is 20.3 Å². The second kappa shape index (κ2) is 12.1. The molecule has 1 unspecified atom stereocenters. The van der Waals surface area contributed by atoms with Gasteiger partial charge in [0, 0.05) is 31.7 Å². The van der Waals surface area contributed by atoms with Crippen LogP contribution in [0.3, 0.4) is 0 Å². The molecular formula is C29H38N8O3. The lowest BCUT2D eigenvalue weighted by Gasteiger charge is -2.28. The molecule has 3 aromatic rings. The van der Waals surface area contributed by atoms with Crippen LogP contribution in [-0.2, 0) is 16.1 Å². The van der Waals surface area contributed by atoms with E-state index in [0.717, 1.165) is 43.6 Å². The monoisotopic (exact) mass is 546 g/mol. The second-order valence-corrected chi connectivity index (χ2v) is 10.9. The molecule has 2 aromatic heterocycles. The highest BCUT2D eigenvalue weighted by atomic mass is 16.5. The molecule has 40 heavy (non-hydrogen) atoms. The van der Waals surface area contributed by atoms with Gasteiger partial charge in [0.15, 0.2) is 5.65 Å². The minimum absolute atomic E-state index is 0.0644. The molecule has 0 saturated carbocycles. The van der Waals surface area contributed by atoms with Crippen molar-refractivity contribution in [3.63, 3.8) is 0 Å². The number of benzene rings is 1. The molecule has 2 amide bonds. The summed E-state index contributed by atoms with van der Waals surface area (Å²) < 4.78 is 7.95. The van der Waals surface area contributed by atoms with Crippen LogP contribution in [0.4, 0.5) is 11.6 Å². The molecular weight excluding hydrogens is 508 g/mol. The van der Waals surface area contributed by atoms with E-state index < -0.39 is 5.91 Å². The molecule has 2 aliphatic rings. The van der Waals surface area contributed by atoms with Crippen molar-refractivity contribution in [2.75, 3.05) is 43.4 Å². The summed E-state index contributed by atoms with van der Waals surface area (Å²) in [5.41, 5.74) is 3.11. The molecule has 2 aliphatic heterocycles. The molecule has 1 atom stereocenters. The summed E-state index contributed by atoms with van der Waals surface area (Å²) in [5, 5.41) is 11.1. The van der Waals surface area contributed by atoms with E-state index in [4.69, 9.17) is 9.72 Å². The number of hydrogen-bond donors (Lipinski definition) is 2. The maximum absolute atomic E-state index is 13.2. The predicted octanol–water partition coefficient (Wildman–Crippen LogP) is 2.99. The number of nitrogens with one attached hydrogen (secondary N) is 2. The molecule has 2 saturated heterocycles. The van der Waals surface area contributed by atoms with Crippen LogP contribution in [0, 0.1) is 5.92 Å². The topological polar surface area (TPSA) is 117 Å². The highest BCUT2D eigenvalue weighted by Crippen LogP contribution is 2.26. The first-order valence-corrected chi connectivity index (χ1v) is 14.0. The van der Waals surface area contributed by atoms with Gasteiger partial charge in [0.05, 0.1) is 17.8 Å². The summed E-state index contributed by atoms with van der Waals surface area (Å²) in [5.74, 6) is -0.150. The Hall–Kier alpha value is -3.83. The zero-order chi connectivity index (χ0) is 28.2. The van der Waals surface area contributed by atoms with Gasteiger partial charge in [-0.15, -0.1) is 0 Å². The summed E-state index contributed by atoms with van der Waals surface area (Å²) >= 11 is 0. The van der Waals surface area contributed by atoms with Crippen LogP contribution in [0.2, 0.25) is 0 Å². The average Bonchev–Trinajstić information content (AvgIpc) is 3.64. The van der Waals surface area contributed by atoms with E-state index in [2.05, 4.69) is 53.1 Å². The number of amides is 2. The first-order chi connectivity index (χ1) is 19.3. The normalized spacial score (nSPS) is 18.2. The number of fused-ring (bicyclic) bond motifs is 1. The van der Waals surface area contributed by atoms with Crippen molar-refractivity contribution in [1.29, 1.82) is 0 Å². The number of piperidine rings is 1. The molecule has 0 bridgehead atoms. The van der Waals surface area contributed by atoms with Gasteiger partial charge in [-0.05, 0) is 62.5 Å². The minimum atomic E-state index is -0.437. The van der Waals surface area contributed by atoms with Crippen molar-refractivity contribution in [2.24, 2.45) is 5.92 Å². The third-order valence-electron chi connectivity index (χ3n) is 7.58. The van der Waals surface area contributed by atoms with Crippen LogP contribution in [0.1, 0.15) is 50.2 Å². The fourth-order valence-electron chi connectivity index (χ4n) is 5.19. The van der Waals surface area contributed by atoms with Crippen LogP contribution in [-0.4, -0.2) is 75.6 Å². The SMILES string of the molecule is C=CC(=O)N(C(=O)C1CCNC1)c1cccc(CNc2nc(OC3CCN(C)CC3)nc3c(C(C)C)cnn23)c1. The summed E-state index contributed by atoms with van der Waals surface area (Å²) in [6.45, 7) is 11.5. The van der Waals surface area contributed by atoms with Crippen molar-refractivity contribution in [3.05, 3.63) is 54.2 Å². The Kier molecular flexibility index (Phi) is 8.41. The number of nitrogens with zero attached hydrogens (tertiary/aromatic N) is 6. The Morgan fingerprint density at radius 1 is 1.25 bits per heavy atom. The first-order valence-electron chi connectivity index (χ1n) is 14.0. The van der Waals surface area contributed by atoms with E-state index in [-0.39, 0.29) is 23.8 Å². The van der Waals surface area contributed by atoms with Gasteiger partial charge in [0.1, 0.15) is 6.10 Å². The molecule has 0 aliphatic carbocycles. The van der Waals surface area contributed by atoms with Gasteiger partial charge in [0.25, 0.3) is 5.91 Å². The lowest BCUT2D eigenvalue weighted by molar-refractivity contribution is -0.126. The number of rotatable bonds is 9. The number of aromatic nitrogens is 4. The number of likely N-dealkylation sites (tertiary alicyclic amines) is 1. The molecule has 1 aromatic carbocycles. The third kappa shape index (κ3) is 6.00. The number of anilines is 2.